The van der Waals surface area contributed by atoms with Crippen molar-refractivity contribution >= 4 is 5.69 Å². The summed E-state index contributed by atoms with van der Waals surface area (Å²) in [4.78, 5) is 0. The summed E-state index contributed by atoms with van der Waals surface area (Å²) in [7, 11) is 0. The molecular formula is C14H22N2O. The van der Waals surface area contributed by atoms with E-state index >= 15 is 0 Å². The van der Waals surface area contributed by atoms with Gasteiger partial charge >= 0.3 is 0 Å². The summed E-state index contributed by atoms with van der Waals surface area (Å²) in [6.45, 7) is 5.39. The maximum atomic E-state index is 9.36. The van der Waals surface area contributed by atoms with Crippen LogP contribution in [0.2, 0.25) is 0 Å². The molecule has 1 aliphatic heterocycles. The van der Waals surface area contributed by atoms with Crippen molar-refractivity contribution in [3.8, 4) is 5.75 Å². The van der Waals surface area contributed by atoms with Gasteiger partial charge in [-0.2, -0.15) is 0 Å². The van der Waals surface area contributed by atoms with Crippen molar-refractivity contribution in [1.29, 1.82) is 0 Å². The molecule has 17 heavy (non-hydrogen) atoms. The van der Waals surface area contributed by atoms with E-state index in [-0.39, 0.29) is 0 Å². The number of phenols is 1. The Kier molecular flexibility index (Phi) is 3.89. The van der Waals surface area contributed by atoms with Crippen LogP contribution in [0.3, 0.4) is 0 Å². The fraction of sp³-hybridized carbons (Fsp3) is 0.571. The number of benzene rings is 1. The molecule has 3 heteroatoms. The summed E-state index contributed by atoms with van der Waals surface area (Å²) in [5.74, 6) is 0.332. The summed E-state index contributed by atoms with van der Waals surface area (Å²) >= 11 is 0. The second-order valence-electron chi connectivity index (χ2n) is 5.07. The predicted octanol–water partition coefficient (Wildman–Crippen LogP) is 2.64. The number of hydrogen-bond acceptors (Lipinski definition) is 3. The average molecular weight is 234 g/mol. The molecule has 0 radical (unpaired) electrons. The molecule has 1 aliphatic rings. The van der Waals surface area contributed by atoms with Crippen LogP contribution in [-0.2, 0) is 0 Å². The number of aromatic hydroxyl groups is 1. The molecule has 1 fully saturated rings. The van der Waals surface area contributed by atoms with E-state index in [9.17, 15) is 5.11 Å². The lowest BCUT2D eigenvalue weighted by Crippen LogP contribution is -2.29. The Morgan fingerprint density at radius 1 is 1.53 bits per heavy atom. The Hall–Kier alpha value is -1.22. The highest BCUT2D eigenvalue weighted by atomic mass is 16.3. The van der Waals surface area contributed by atoms with Crippen LogP contribution in [0.15, 0.2) is 18.2 Å². The highest BCUT2D eigenvalue weighted by Crippen LogP contribution is 2.22. The molecule has 1 saturated heterocycles. The molecule has 1 heterocycles. The van der Waals surface area contributed by atoms with E-state index in [0.717, 1.165) is 24.2 Å². The number of hydrogen-bond donors (Lipinski definition) is 3. The Labute approximate surface area is 103 Å². The van der Waals surface area contributed by atoms with Gasteiger partial charge in [-0.05, 0) is 63.4 Å². The minimum atomic E-state index is 0.332. The van der Waals surface area contributed by atoms with Crippen LogP contribution in [0.25, 0.3) is 0 Å². The van der Waals surface area contributed by atoms with E-state index in [0.29, 0.717) is 17.8 Å². The van der Waals surface area contributed by atoms with E-state index in [1.807, 2.05) is 13.0 Å². The van der Waals surface area contributed by atoms with Gasteiger partial charge in [-0.3, -0.25) is 0 Å². The number of anilines is 1. The van der Waals surface area contributed by atoms with Crippen LogP contribution in [0.1, 0.15) is 31.7 Å². The fourth-order valence-electron chi connectivity index (χ4n) is 2.52. The van der Waals surface area contributed by atoms with Gasteiger partial charge in [0.15, 0.2) is 0 Å². The van der Waals surface area contributed by atoms with E-state index < -0.39 is 0 Å². The van der Waals surface area contributed by atoms with Crippen molar-refractivity contribution in [1.82, 2.24) is 5.32 Å². The summed E-state index contributed by atoms with van der Waals surface area (Å²) < 4.78 is 0. The fourth-order valence-corrected chi connectivity index (χ4v) is 2.52. The highest BCUT2D eigenvalue weighted by Gasteiger charge is 2.17. The van der Waals surface area contributed by atoms with Gasteiger partial charge in [0.05, 0.1) is 0 Å². The Bertz CT molecular complexity index is 372. The maximum Gasteiger partial charge on any atom is 0.115 e. The third-order valence-corrected chi connectivity index (χ3v) is 3.41. The van der Waals surface area contributed by atoms with Gasteiger partial charge < -0.3 is 15.7 Å². The number of rotatable bonds is 4. The first-order valence-electron chi connectivity index (χ1n) is 6.44. The van der Waals surface area contributed by atoms with Crippen LogP contribution in [0, 0.1) is 6.92 Å². The minimum absolute atomic E-state index is 0.332. The number of nitrogens with one attached hydrogen (secondary N) is 2. The Morgan fingerprint density at radius 2 is 2.35 bits per heavy atom. The molecule has 0 amide bonds. The second kappa shape index (κ2) is 5.41. The molecule has 3 N–H and O–H groups in total. The molecule has 1 aromatic carbocycles. The zero-order valence-corrected chi connectivity index (χ0v) is 10.7. The first-order valence-corrected chi connectivity index (χ1v) is 6.44. The smallest absolute Gasteiger partial charge is 0.115 e. The Balaban J connectivity index is 1.90. The van der Waals surface area contributed by atoms with Gasteiger partial charge in [0, 0.05) is 17.8 Å². The van der Waals surface area contributed by atoms with Gasteiger partial charge in [-0.1, -0.05) is 0 Å². The minimum Gasteiger partial charge on any atom is -0.508 e. The van der Waals surface area contributed by atoms with Crippen molar-refractivity contribution < 1.29 is 5.11 Å². The van der Waals surface area contributed by atoms with Crippen molar-refractivity contribution in [2.45, 2.75) is 45.2 Å². The quantitative estimate of drug-likeness (QED) is 0.702. The van der Waals surface area contributed by atoms with Gasteiger partial charge in [0.25, 0.3) is 0 Å². The van der Waals surface area contributed by atoms with Gasteiger partial charge in [-0.25, -0.2) is 0 Å². The van der Waals surface area contributed by atoms with E-state index in [2.05, 4.69) is 17.6 Å². The largest absolute Gasteiger partial charge is 0.508 e. The highest BCUT2D eigenvalue weighted by molar-refractivity contribution is 5.53. The van der Waals surface area contributed by atoms with Crippen LogP contribution < -0.4 is 10.6 Å². The summed E-state index contributed by atoms with van der Waals surface area (Å²) in [6.07, 6.45) is 3.75. The third kappa shape index (κ3) is 3.37. The lowest BCUT2D eigenvalue weighted by Gasteiger charge is -2.20. The molecule has 2 atom stereocenters. The van der Waals surface area contributed by atoms with E-state index in [4.69, 9.17) is 0 Å². The summed E-state index contributed by atoms with van der Waals surface area (Å²) in [5, 5.41) is 16.4. The molecule has 0 saturated carbocycles. The molecule has 2 rings (SSSR count). The molecule has 0 spiro atoms. The van der Waals surface area contributed by atoms with Crippen LogP contribution >= 0.6 is 0 Å². The predicted molar refractivity (Wildman–Crippen MR) is 71.6 cm³/mol. The molecule has 0 aliphatic carbocycles. The normalized spacial score (nSPS) is 21.4. The first-order chi connectivity index (χ1) is 8.15. The van der Waals surface area contributed by atoms with Crippen LogP contribution in [-0.4, -0.2) is 23.7 Å². The maximum absolute atomic E-state index is 9.36. The topological polar surface area (TPSA) is 44.3 Å². The van der Waals surface area contributed by atoms with E-state index in [1.54, 1.807) is 12.1 Å². The molecule has 94 valence electrons. The summed E-state index contributed by atoms with van der Waals surface area (Å²) in [5.41, 5.74) is 2.21. The second-order valence-corrected chi connectivity index (χ2v) is 5.07. The molecule has 1 aromatic rings. The zero-order chi connectivity index (χ0) is 12.3. The standard InChI is InChI=1S/C14H22N2O/c1-10-8-13(17)5-6-14(10)16-11(2)9-12-4-3-7-15-12/h5-6,8,11-12,15-17H,3-4,7,9H2,1-2H3. The number of aryl methyl sites for hydroxylation is 1. The van der Waals surface area contributed by atoms with Crippen LogP contribution in [0.5, 0.6) is 5.75 Å². The van der Waals surface area contributed by atoms with Gasteiger partial charge in [0.2, 0.25) is 0 Å². The molecule has 2 unspecified atom stereocenters. The van der Waals surface area contributed by atoms with E-state index in [1.165, 1.54) is 12.8 Å². The van der Waals surface area contributed by atoms with Crippen LogP contribution in [0.4, 0.5) is 5.69 Å². The molecule has 0 aromatic heterocycles. The lowest BCUT2D eigenvalue weighted by atomic mass is 10.1. The summed E-state index contributed by atoms with van der Waals surface area (Å²) in [6, 6.07) is 6.59. The number of phenolic OH excluding ortho intramolecular Hbond substituents is 1. The van der Waals surface area contributed by atoms with Gasteiger partial charge in [0.1, 0.15) is 5.75 Å². The van der Waals surface area contributed by atoms with Crippen molar-refractivity contribution in [2.24, 2.45) is 0 Å². The zero-order valence-electron chi connectivity index (χ0n) is 10.7. The SMILES string of the molecule is Cc1cc(O)ccc1NC(C)CC1CCCN1. The Morgan fingerprint density at radius 3 is 3.00 bits per heavy atom. The average Bonchev–Trinajstić information content (AvgIpc) is 2.75. The molecule has 0 bridgehead atoms. The third-order valence-electron chi connectivity index (χ3n) is 3.41. The lowest BCUT2D eigenvalue weighted by molar-refractivity contribution is 0.475. The van der Waals surface area contributed by atoms with Crippen molar-refractivity contribution in [2.75, 3.05) is 11.9 Å². The molecule has 3 nitrogen and oxygen atoms in total. The first kappa shape index (κ1) is 12.2. The van der Waals surface area contributed by atoms with Gasteiger partial charge in [-0.15, -0.1) is 0 Å². The monoisotopic (exact) mass is 234 g/mol. The van der Waals surface area contributed by atoms with Crippen molar-refractivity contribution in [3.63, 3.8) is 0 Å². The van der Waals surface area contributed by atoms with Crippen molar-refractivity contribution in [3.05, 3.63) is 23.8 Å². The molecular weight excluding hydrogens is 212 g/mol.